The molecule has 11 rings (SSSR count). The van der Waals surface area contributed by atoms with Crippen LogP contribution in [0.1, 0.15) is 0 Å². The van der Waals surface area contributed by atoms with Gasteiger partial charge in [0.2, 0.25) is 0 Å². The molecule has 0 aliphatic carbocycles. The second kappa shape index (κ2) is 13.6. The monoisotopic (exact) mass is 728 g/mol. The maximum atomic E-state index is 6.85. The largest absolute Gasteiger partial charge is 0.456 e. The van der Waals surface area contributed by atoms with E-state index >= 15 is 0 Å². The molecule has 0 bridgehead atoms. The Bertz CT molecular complexity index is 2980. The quantitative estimate of drug-likeness (QED) is 0.145. The van der Waals surface area contributed by atoms with E-state index in [9.17, 15) is 0 Å². The third-order valence-corrected chi connectivity index (χ3v) is 11.2. The molecule has 0 saturated carbocycles. The van der Waals surface area contributed by atoms with Gasteiger partial charge in [-0.1, -0.05) is 121 Å². The van der Waals surface area contributed by atoms with Gasteiger partial charge in [-0.05, 0) is 135 Å². The fourth-order valence-corrected chi connectivity index (χ4v) is 8.56. The van der Waals surface area contributed by atoms with Gasteiger partial charge in [0.05, 0.1) is 0 Å². The molecule has 1 aliphatic heterocycles. The molecule has 0 fully saturated rings. The van der Waals surface area contributed by atoms with Crippen LogP contribution in [0.5, 0.6) is 11.5 Å². The molecule has 0 unspecified atom stereocenters. The van der Waals surface area contributed by atoms with Crippen molar-refractivity contribution in [3.8, 4) is 33.8 Å². The van der Waals surface area contributed by atoms with Gasteiger partial charge in [0.1, 0.15) is 11.5 Å². The highest BCUT2D eigenvalue weighted by molar-refractivity contribution is 6.28. The van der Waals surface area contributed by atoms with E-state index < -0.39 is 0 Å². The van der Waals surface area contributed by atoms with E-state index in [1.54, 1.807) is 0 Å². The molecule has 10 aromatic carbocycles. The summed E-state index contributed by atoms with van der Waals surface area (Å²) in [6.07, 6.45) is 0. The van der Waals surface area contributed by atoms with Crippen molar-refractivity contribution >= 4 is 66.4 Å². The third kappa shape index (κ3) is 5.68. The van der Waals surface area contributed by atoms with Crippen molar-refractivity contribution in [1.29, 1.82) is 0 Å². The zero-order valence-corrected chi connectivity index (χ0v) is 31.1. The highest BCUT2D eigenvalue weighted by Gasteiger charge is 2.23. The summed E-state index contributed by atoms with van der Waals surface area (Å²) in [6.45, 7) is 0. The molecule has 0 radical (unpaired) electrons. The molecule has 3 nitrogen and oxygen atoms in total. The Hall–Kier alpha value is -7.62. The first kappa shape index (κ1) is 32.8. The predicted molar refractivity (Wildman–Crippen MR) is 239 cm³/mol. The number of hydrogen-bond acceptors (Lipinski definition) is 3. The number of ether oxygens (including phenoxy) is 1. The minimum Gasteiger partial charge on any atom is -0.456 e. The highest BCUT2D eigenvalue weighted by Crippen LogP contribution is 2.51. The molecule has 0 atom stereocenters. The maximum Gasteiger partial charge on any atom is 0.136 e. The highest BCUT2D eigenvalue weighted by atomic mass is 16.5. The van der Waals surface area contributed by atoms with E-state index in [1.807, 2.05) is 0 Å². The Morgan fingerprint density at radius 2 is 0.737 bits per heavy atom. The summed E-state index contributed by atoms with van der Waals surface area (Å²) in [4.78, 5) is 4.59. The van der Waals surface area contributed by atoms with E-state index in [1.165, 1.54) is 43.4 Å². The summed E-state index contributed by atoms with van der Waals surface area (Å²) in [5.41, 5.74) is 11.3. The third-order valence-electron chi connectivity index (χ3n) is 11.2. The van der Waals surface area contributed by atoms with Crippen LogP contribution in [0.2, 0.25) is 0 Å². The van der Waals surface area contributed by atoms with Crippen molar-refractivity contribution in [1.82, 2.24) is 0 Å². The fourth-order valence-electron chi connectivity index (χ4n) is 8.56. The van der Waals surface area contributed by atoms with Crippen LogP contribution in [0.4, 0.5) is 34.1 Å². The number of nitrogens with zero attached hydrogens (tertiary/aromatic N) is 2. The summed E-state index contributed by atoms with van der Waals surface area (Å²) in [7, 11) is 0. The predicted octanol–water partition coefficient (Wildman–Crippen LogP) is 15.5. The Kier molecular flexibility index (Phi) is 7.82. The summed E-state index contributed by atoms with van der Waals surface area (Å²) >= 11 is 0. The molecule has 0 spiro atoms. The van der Waals surface area contributed by atoms with Gasteiger partial charge in [-0.15, -0.1) is 0 Å². The molecular formula is C54H36N2O. The molecule has 3 heteroatoms. The molecular weight excluding hydrogens is 693 g/mol. The lowest BCUT2D eigenvalue weighted by Crippen LogP contribution is -2.09. The number of benzene rings is 10. The van der Waals surface area contributed by atoms with Crippen LogP contribution in [0.15, 0.2) is 218 Å². The van der Waals surface area contributed by atoms with Gasteiger partial charge in [-0.2, -0.15) is 0 Å². The molecule has 1 aliphatic rings. The Labute approximate surface area is 331 Å². The SMILES string of the molecule is c1ccc(N(c2ccccc2)c2ccc(-c3cc4c5c(ccc6cc(-c7ccc(N(c8ccccc8)c8ccccc8)cc7)c7cccc(c7c65)O4)c3)cc2)cc1. The molecule has 0 saturated heterocycles. The molecule has 0 N–H and O–H groups in total. The van der Waals surface area contributed by atoms with Gasteiger partial charge in [0.15, 0.2) is 0 Å². The van der Waals surface area contributed by atoms with E-state index in [2.05, 4.69) is 228 Å². The zero-order chi connectivity index (χ0) is 37.7. The van der Waals surface area contributed by atoms with Crippen molar-refractivity contribution in [3.63, 3.8) is 0 Å². The van der Waals surface area contributed by atoms with Crippen LogP contribution in [-0.2, 0) is 0 Å². The second-order valence-electron chi connectivity index (χ2n) is 14.5. The number of hydrogen-bond donors (Lipinski definition) is 0. The summed E-state index contributed by atoms with van der Waals surface area (Å²) in [5.74, 6) is 1.79. The van der Waals surface area contributed by atoms with E-state index in [4.69, 9.17) is 4.74 Å². The van der Waals surface area contributed by atoms with Crippen LogP contribution < -0.4 is 14.5 Å². The summed E-state index contributed by atoms with van der Waals surface area (Å²) < 4.78 is 6.85. The lowest BCUT2D eigenvalue weighted by atomic mass is 9.88. The molecule has 1 heterocycles. The van der Waals surface area contributed by atoms with Crippen molar-refractivity contribution in [2.45, 2.75) is 0 Å². The van der Waals surface area contributed by atoms with E-state index in [-0.39, 0.29) is 0 Å². The van der Waals surface area contributed by atoms with Gasteiger partial charge in [0, 0.05) is 50.3 Å². The number of rotatable bonds is 8. The van der Waals surface area contributed by atoms with Crippen molar-refractivity contribution in [2.24, 2.45) is 0 Å². The fraction of sp³-hybridized carbons (Fsp3) is 0. The lowest BCUT2D eigenvalue weighted by molar-refractivity contribution is 0.493. The minimum absolute atomic E-state index is 0.893. The number of anilines is 6. The van der Waals surface area contributed by atoms with Crippen LogP contribution in [0.25, 0.3) is 54.6 Å². The molecule has 10 aromatic rings. The lowest BCUT2D eigenvalue weighted by Gasteiger charge is -2.26. The standard InChI is InChI=1S/C54H36N2O/c1-5-14-42(15-6-1)55(43-16-7-2-8-17-43)46-30-26-37(27-31-46)41-34-39-24-25-40-35-49(48-22-13-23-50-54(48)53(40)52(39)51(36-41)57-50)38-28-32-47(33-29-38)56(44-18-9-3-10-19-44)45-20-11-4-12-21-45/h1-36H. The maximum absolute atomic E-state index is 6.85. The van der Waals surface area contributed by atoms with Crippen LogP contribution in [-0.4, -0.2) is 0 Å². The zero-order valence-electron chi connectivity index (χ0n) is 31.1. The van der Waals surface area contributed by atoms with E-state index in [0.717, 1.165) is 56.8 Å². The van der Waals surface area contributed by atoms with Gasteiger partial charge in [0.25, 0.3) is 0 Å². The van der Waals surface area contributed by atoms with Crippen molar-refractivity contribution < 1.29 is 4.74 Å². The first-order valence-electron chi connectivity index (χ1n) is 19.4. The topological polar surface area (TPSA) is 15.7 Å². The average molecular weight is 729 g/mol. The van der Waals surface area contributed by atoms with Crippen LogP contribution in [0, 0.1) is 0 Å². The Morgan fingerprint density at radius 1 is 0.281 bits per heavy atom. The average Bonchev–Trinajstić information content (AvgIpc) is 3.28. The van der Waals surface area contributed by atoms with Gasteiger partial charge >= 0.3 is 0 Å². The Balaban J connectivity index is 0.982. The first-order valence-corrected chi connectivity index (χ1v) is 19.4. The van der Waals surface area contributed by atoms with Gasteiger partial charge in [-0.3, -0.25) is 0 Å². The second-order valence-corrected chi connectivity index (χ2v) is 14.5. The molecule has 0 amide bonds. The molecule has 57 heavy (non-hydrogen) atoms. The van der Waals surface area contributed by atoms with Gasteiger partial charge < -0.3 is 14.5 Å². The first-order chi connectivity index (χ1) is 28.3. The minimum atomic E-state index is 0.893. The van der Waals surface area contributed by atoms with Gasteiger partial charge in [-0.25, -0.2) is 0 Å². The van der Waals surface area contributed by atoms with Crippen molar-refractivity contribution in [2.75, 3.05) is 9.80 Å². The van der Waals surface area contributed by atoms with Crippen molar-refractivity contribution in [3.05, 3.63) is 218 Å². The normalized spacial score (nSPS) is 11.6. The molecule has 268 valence electrons. The molecule has 0 aromatic heterocycles. The van der Waals surface area contributed by atoms with Crippen LogP contribution >= 0.6 is 0 Å². The number of para-hydroxylation sites is 4. The van der Waals surface area contributed by atoms with E-state index in [0.29, 0.717) is 0 Å². The Morgan fingerprint density at radius 3 is 1.25 bits per heavy atom. The smallest absolute Gasteiger partial charge is 0.136 e. The summed E-state index contributed by atoms with van der Waals surface area (Å²) in [5, 5.41) is 7.15. The van der Waals surface area contributed by atoms with Crippen LogP contribution in [0.3, 0.4) is 0 Å². The summed E-state index contributed by atoms with van der Waals surface area (Å²) in [6, 6.07) is 77.8.